The molecule has 1 heterocycles. The number of rotatable bonds is 4. The van der Waals surface area contributed by atoms with Gasteiger partial charge in [0.25, 0.3) is 0 Å². The van der Waals surface area contributed by atoms with Crippen LogP contribution < -0.4 is 5.32 Å². The van der Waals surface area contributed by atoms with Crippen LogP contribution in [0.5, 0.6) is 0 Å². The predicted octanol–water partition coefficient (Wildman–Crippen LogP) is 3.19. The summed E-state index contributed by atoms with van der Waals surface area (Å²) in [6, 6.07) is 7.52. The molecule has 0 radical (unpaired) electrons. The van der Waals surface area contributed by atoms with E-state index in [2.05, 4.69) is 5.32 Å². The summed E-state index contributed by atoms with van der Waals surface area (Å²) in [6.07, 6.45) is 3.87. The fraction of sp³-hybridized carbons (Fsp3) is 0.579. The Bertz CT molecular complexity index is 648. The number of amides is 2. The van der Waals surface area contributed by atoms with Crippen LogP contribution in [0, 0.1) is 6.92 Å². The average molecular weight is 346 g/mol. The lowest BCUT2D eigenvalue weighted by Crippen LogP contribution is -2.57. The molecule has 1 spiro atoms. The van der Waals surface area contributed by atoms with Crippen molar-refractivity contribution in [3.8, 4) is 0 Å². The Morgan fingerprint density at radius 1 is 1.24 bits per heavy atom. The number of anilines is 1. The third-order valence-corrected chi connectivity index (χ3v) is 5.45. The van der Waals surface area contributed by atoms with Crippen molar-refractivity contribution in [2.24, 2.45) is 0 Å². The number of benzene rings is 1. The van der Waals surface area contributed by atoms with E-state index in [-0.39, 0.29) is 18.9 Å². The van der Waals surface area contributed by atoms with E-state index in [1.165, 1.54) is 4.90 Å². The number of nitrogens with one attached hydrogen (secondary N) is 1. The van der Waals surface area contributed by atoms with E-state index in [1.807, 2.05) is 31.2 Å². The van der Waals surface area contributed by atoms with Gasteiger partial charge in [0.15, 0.2) is 11.3 Å². The van der Waals surface area contributed by atoms with Gasteiger partial charge in [-0.25, -0.2) is 4.79 Å². The van der Waals surface area contributed by atoms with Gasteiger partial charge in [-0.15, -0.1) is 0 Å². The van der Waals surface area contributed by atoms with Crippen LogP contribution in [-0.4, -0.2) is 39.9 Å². The minimum atomic E-state index is -1.38. The van der Waals surface area contributed by atoms with E-state index >= 15 is 0 Å². The number of aryl methyl sites for hydroxylation is 1. The average Bonchev–Trinajstić information content (AvgIpc) is 2.74. The number of aliphatic hydroxyl groups is 1. The molecule has 1 aromatic carbocycles. The zero-order valence-electron chi connectivity index (χ0n) is 14.9. The quantitative estimate of drug-likeness (QED) is 0.877. The molecular weight excluding hydrogens is 320 g/mol. The predicted molar refractivity (Wildman–Crippen MR) is 94.1 cm³/mol. The molecule has 136 valence electrons. The number of ether oxygens (including phenoxy) is 1. The second kappa shape index (κ2) is 6.67. The standard InChI is InChI=1S/C19H26N2O4/c1-14-6-8-15(9-7-14)20-16(22)10-13-21-17(23)25-19(18(21,2)24)11-4-3-5-12-19/h6-9,24H,3-5,10-13H2,1-2H3,(H,20,22)/t18-/m1/s1. The second-order valence-electron chi connectivity index (χ2n) is 7.26. The summed E-state index contributed by atoms with van der Waals surface area (Å²) in [5, 5.41) is 13.8. The van der Waals surface area contributed by atoms with Gasteiger partial charge in [0.2, 0.25) is 5.91 Å². The summed E-state index contributed by atoms with van der Waals surface area (Å²) in [7, 11) is 0. The van der Waals surface area contributed by atoms with Crippen LogP contribution in [0.4, 0.5) is 10.5 Å². The molecule has 1 aliphatic carbocycles. The molecule has 1 aliphatic heterocycles. The molecule has 0 aromatic heterocycles. The van der Waals surface area contributed by atoms with Crippen LogP contribution in [0.15, 0.2) is 24.3 Å². The van der Waals surface area contributed by atoms with Gasteiger partial charge in [-0.2, -0.15) is 0 Å². The molecule has 6 nitrogen and oxygen atoms in total. The first-order valence-electron chi connectivity index (χ1n) is 8.94. The molecule has 2 amide bonds. The molecule has 25 heavy (non-hydrogen) atoms. The van der Waals surface area contributed by atoms with Crippen molar-refractivity contribution < 1.29 is 19.4 Å². The van der Waals surface area contributed by atoms with E-state index in [0.717, 1.165) is 30.5 Å². The smallest absolute Gasteiger partial charge is 0.412 e. The van der Waals surface area contributed by atoms with Crippen molar-refractivity contribution in [1.82, 2.24) is 4.90 Å². The van der Waals surface area contributed by atoms with E-state index in [1.54, 1.807) is 6.92 Å². The first-order valence-corrected chi connectivity index (χ1v) is 8.94. The Balaban J connectivity index is 1.61. The first kappa shape index (κ1) is 17.7. The maximum absolute atomic E-state index is 12.3. The molecule has 0 bridgehead atoms. The van der Waals surface area contributed by atoms with Gasteiger partial charge in [0.05, 0.1) is 0 Å². The van der Waals surface area contributed by atoms with Gasteiger partial charge in [-0.3, -0.25) is 9.69 Å². The molecule has 2 N–H and O–H groups in total. The lowest BCUT2D eigenvalue weighted by atomic mass is 9.77. The Kier molecular flexibility index (Phi) is 4.73. The molecule has 2 fully saturated rings. The van der Waals surface area contributed by atoms with Gasteiger partial charge in [-0.1, -0.05) is 24.1 Å². The van der Waals surface area contributed by atoms with Gasteiger partial charge < -0.3 is 15.2 Å². The van der Waals surface area contributed by atoms with Crippen molar-refractivity contribution in [3.63, 3.8) is 0 Å². The Morgan fingerprint density at radius 2 is 1.88 bits per heavy atom. The highest BCUT2D eigenvalue weighted by molar-refractivity contribution is 5.91. The summed E-state index contributed by atoms with van der Waals surface area (Å²) in [4.78, 5) is 25.8. The molecule has 1 saturated carbocycles. The third kappa shape index (κ3) is 3.35. The summed E-state index contributed by atoms with van der Waals surface area (Å²) < 4.78 is 5.59. The zero-order valence-corrected chi connectivity index (χ0v) is 14.9. The van der Waals surface area contributed by atoms with Gasteiger partial charge in [-0.05, 0) is 51.7 Å². The van der Waals surface area contributed by atoms with Crippen molar-refractivity contribution >= 4 is 17.7 Å². The highest BCUT2D eigenvalue weighted by atomic mass is 16.6. The summed E-state index contributed by atoms with van der Waals surface area (Å²) in [6.45, 7) is 3.74. The van der Waals surface area contributed by atoms with Gasteiger partial charge in [0, 0.05) is 18.7 Å². The molecular formula is C19H26N2O4. The maximum Gasteiger partial charge on any atom is 0.412 e. The lowest BCUT2D eigenvalue weighted by Gasteiger charge is -2.42. The minimum absolute atomic E-state index is 0.106. The number of carbonyl (C=O) groups is 2. The maximum atomic E-state index is 12.3. The summed E-state index contributed by atoms with van der Waals surface area (Å²) in [5.41, 5.74) is -0.383. The monoisotopic (exact) mass is 346 g/mol. The van der Waals surface area contributed by atoms with Crippen molar-refractivity contribution in [1.29, 1.82) is 0 Å². The fourth-order valence-electron chi connectivity index (χ4n) is 3.82. The van der Waals surface area contributed by atoms with Crippen LogP contribution >= 0.6 is 0 Å². The van der Waals surface area contributed by atoms with Crippen LogP contribution in [0.1, 0.15) is 51.0 Å². The summed E-state index contributed by atoms with van der Waals surface area (Å²) in [5.74, 6) is -0.197. The first-order chi connectivity index (χ1) is 11.8. The van der Waals surface area contributed by atoms with Crippen LogP contribution in [0.2, 0.25) is 0 Å². The topological polar surface area (TPSA) is 78.9 Å². The number of hydrogen-bond donors (Lipinski definition) is 2. The molecule has 1 saturated heterocycles. The number of hydrogen-bond acceptors (Lipinski definition) is 4. The highest BCUT2D eigenvalue weighted by Gasteiger charge is 2.61. The Labute approximate surface area is 148 Å². The molecule has 2 aliphatic rings. The molecule has 3 rings (SSSR count). The lowest BCUT2D eigenvalue weighted by molar-refractivity contribution is -0.159. The van der Waals surface area contributed by atoms with Gasteiger partial charge in [0.1, 0.15) is 0 Å². The highest BCUT2D eigenvalue weighted by Crippen LogP contribution is 2.46. The normalized spacial score (nSPS) is 25.1. The third-order valence-electron chi connectivity index (χ3n) is 5.45. The van der Waals surface area contributed by atoms with E-state index < -0.39 is 17.4 Å². The van der Waals surface area contributed by atoms with E-state index in [4.69, 9.17) is 4.74 Å². The Morgan fingerprint density at radius 3 is 2.52 bits per heavy atom. The summed E-state index contributed by atoms with van der Waals surface area (Å²) >= 11 is 0. The number of carbonyl (C=O) groups excluding carboxylic acids is 2. The fourth-order valence-corrected chi connectivity index (χ4v) is 3.82. The number of nitrogens with zero attached hydrogens (tertiary/aromatic N) is 1. The molecule has 1 aromatic rings. The van der Waals surface area contributed by atoms with Crippen molar-refractivity contribution in [3.05, 3.63) is 29.8 Å². The zero-order chi connectivity index (χ0) is 18.1. The van der Waals surface area contributed by atoms with Crippen molar-refractivity contribution in [2.45, 2.75) is 63.7 Å². The van der Waals surface area contributed by atoms with E-state index in [0.29, 0.717) is 12.8 Å². The molecule has 6 heteroatoms. The largest absolute Gasteiger partial charge is 0.438 e. The Hall–Kier alpha value is -2.08. The second-order valence-corrected chi connectivity index (χ2v) is 7.26. The van der Waals surface area contributed by atoms with Crippen LogP contribution in [0.25, 0.3) is 0 Å². The van der Waals surface area contributed by atoms with Gasteiger partial charge >= 0.3 is 6.09 Å². The molecule has 0 unspecified atom stereocenters. The molecule has 1 atom stereocenters. The van der Waals surface area contributed by atoms with Crippen LogP contribution in [0.3, 0.4) is 0 Å². The van der Waals surface area contributed by atoms with Crippen LogP contribution in [-0.2, 0) is 9.53 Å². The van der Waals surface area contributed by atoms with Crippen molar-refractivity contribution in [2.75, 3.05) is 11.9 Å². The van der Waals surface area contributed by atoms with E-state index in [9.17, 15) is 14.7 Å². The minimum Gasteiger partial charge on any atom is -0.438 e. The SMILES string of the molecule is Cc1ccc(NC(=O)CCN2C(=O)OC3(CCCCC3)[C@@]2(C)O)cc1.